The molecule has 19 heavy (non-hydrogen) atoms. The second-order valence-electron chi connectivity index (χ2n) is 4.46. The first-order chi connectivity index (χ1) is 9.28. The van der Waals surface area contributed by atoms with Gasteiger partial charge in [-0.2, -0.15) is 5.26 Å². The molecule has 0 amide bonds. The molecule has 0 saturated carbocycles. The summed E-state index contributed by atoms with van der Waals surface area (Å²) in [6, 6.07) is 16.9. The van der Waals surface area contributed by atoms with Gasteiger partial charge >= 0.3 is 0 Å². The van der Waals surface area contributed by atoms with Crippen LogP contribution >= 0.6 is 0 Å². The molecule has 0 fully saturated rings. The number of benzene rings is 2. The lowest BCUT2D eigenvalue weighted by molar-refractivity contribution is 0.220. The molecule has 1 aromatic heterocycles. The summed E-state index contributed by atoms with van der Waals surface area (Å²) in [6.07, 6.45) is 1.16. The van der Waals surface area contributed by atoms with E-state index in [-0.39, 0.29) is 0 Å². The quantitative estimate of drug-likeness (QED) is 0.732. The van der Waals surface area contributed by atoms with E-state index in [0.717, 1.165) is 22.0 Å². The molecule has 2 N–H and O–H groups in total. The number of nitrogens with one attached hydrogen (secondary N) is 1. The molecule has 0 radical (unpaired) electrons. The maximum Gasteiger partial charge on any atom is 0.104 e. The Bertz CT molecular complexity index is 768. The smallest absolute Gasteiger partial charge is 0.104 e. The fraction of sp³-hybridized carbons (Fsp3) is 0.0625. The number of aromatic amines is 1. The first-order valence-corrected chi connectivity index (χ1v) is 6.03. The third-order valence-corrected chi connectivity index (χ3v) is 3.22. The van der Waals surface area contributed by atoms with Crippen LogP contribution in [0.4, 0.5) is 0 Å². The predicted molar refractivity (Wildman–Crippen MR) is 73.5 cm³/mol. The third-order valence-electron chi connectivity index (χ3n) is 3.22. The van der Waals surface area contributed by atoms with Crippen molar-refractivity contribution in [2.24, 2.45) is 0 Å². The van der Waals surface area contributed by atoms with Crippen LogP contribution in [0, 0.1) is 11.3 Å². The Morgan fingerprint density at radius 2 is 1.89 bits per heavy atom. The van der Waals surface area contributed by atoms with Crippen LogP contribution in [0.15, 0.2) is 54.7 Å². The van der Waals surface area contributed by atoms with Crippen molar-refractivity contribution in [1.29, 1.82) is 5.26 Å². The van der Waals surface area contributed by atoms with Gasteiger partial charge in [-0.05, 0) is 46.8 Å². The Labute approximate surface area is 110 Å². The maximum atomic E-state index is 10.4. The van der Waals surface area contributed by atoms with E-state index >= 15 is 0 Å². The van der Waals surface area contributed by atoms with Crippen molar-refractivity contribution in [3.8, 4) is 6.07 Å². The van der Waals surface area contributed by atoms with E-state index in [9.17, 15) is 5.11 Å². The molecule has 1 heterocycles. The van der Waals surface area contributed by atoms with E-state index in [1.54, 1.807) is 18.2 Å². The maximum absolute atomic E-state index is 10.4. The fourth-order valence-electron chi connectivity index (χ4n) is 2.21. The molecule has 3 nitrogen and oxygen atoms in total. The van der Waals surface area contributed by atoms with Crippen LogP contribution < -0.4 is 0 Å². The van der Waals surface area contributed by atoms with Gasteiger partial charge < -0.3 is 10.1 Å². The summed E-state index contributed by atoms with van der Waals surface area (Å²) < 4.78 is 0. The number of aliphatic hydroxyl groups excluding tert-OH is 1. The van der Waals surface area contributed by atoms with E-state index < -0.39 is 6.10 Å². The standard InChI is InChI=1S/C16H12N2O/c17-10-11-2-1-3-13(8-11)16(19)14-4-5-15-12(9-14)6-7-18-15/h1-9,16,18-19H. The van der Waals surface area contributed by atoms with Crippen LogP contribution in [0.3, 0.4) is 0 Å². The summed E-state index contributed by atoms with van der Waals surface area (Å²) in [5.74, 6) is 0. The normalized spacial score (nSPS) is 12.2. The van der Waals surface area contributed by atoms with Gasteiger partial charge in [0.1, 0.15) is 6.10 Å². The summed E-state index contributed by atoms with van der Waals surface area (Å²) in [5, 5.41) is 20.3. The van der Waals surface area contributed by atoms with Crippen molar-refractivity contribution in [2.45, 2.75) is 6.10 Å². The number of hydrogen-bond donors (Lipinski definition) is 2. The molecule has 1 atom stereocenters. The summed E-state index contributed by atoms with van der Waals surface area (Å²) in [5.41, 5.74) is 3.15. The zero-order chi connectivity index (χ0) is 13.2. The van der Waals surface area contributed by atoms with Crippen molar-refractivity contribution >= 4 is 10.9 Å². The highest BCUT2D eigenvalue weighted by Gasteiger charge is 2.11. The van der Waals surface area contributed by atoms with Crippen molar-refractivity contribution in [1.82, 2.24) is 4.98 Å². The number of aliphatic hydroxyl groups is 1. The van der Waals surface area contributed by atoms with E-state index in [0.29, 0.717) is 5.56 Å². The molecule has 0 bridgehead atoms. The molecule has 3 rings (SSSR count). The van der Waals surface area contributed by atoms with Gasteiger partial charge in [-0.1, -0.05) is 18.2 Å². The minimum absolute atomic E-state index is 0.555. The van der Waals surface area contributed by atoms with Crippen molar-refractivity contribution < 1.29 is 5.11 Å². The van der Waals surface area contributed by atoms with Crippen LogP contribution in [-0.2, 0) is 0 Å². The largest absolute Gasteiger partial charge is 0.384 e. The average Bonchev–Trinajstić information content (AvgIpc) is 2.94. The van der Waals surface area contributed by atoms with Gasteiger partial charge in [-0.25, -0.2) is 0 Å². The Hall–Kier alpha value is -2.57. The predicted octanol–water partition coefficient (Wildman–Crippen LogP) is 3.12. The van der Waals surface area contributed by atoms with Gasteiger partial charge in [0.05, 0.1) is 11.6 Å². The molecule has 0 aliphatic heterocycles. The van der Waals surface area contributed by atoms with Crippen LogP contribution in [0.5, 0.6) is 0 Å². The molecule has 0 spiro atoms. The highest BCUT2D eigenvalue weighted by Crippen LogP contribution is 2.25. The van der Waals surface area contributed by atoms with Gasteiger partial charge in [0, 0.05) is 11.7 Å². The lowest BCUT2D eigenvalue weighted by atomic mass is 9.99. The average molecular weight is 248 g/mol. The fourth-order valence-corrected chi connectivity index (χ4v) is 2.21. The summed E-state index contributed by atoms with van der Waals surface area (Å²) in [4.78, 5) is 3.12. The molecule has 0 aliphatic rings. The Morgan fingerprint density at radius 1 is 1.05 bits per heavy atom. The third kappa shape index (κ3) is 2.10. The van der Waals surface area contributed by atoms with Crippen LogP contribution in [0.25, 0.3) is 10.9 Å². The van der Waals surface area contributed by atoms with Gasteiger partial charge in [0.25, 0.3) is 0 Å². The zero-order valence-electron chi connectivity index (χ0n) is 10.2. The monoisotopic (exact) mass is 248 g/mol. The number of fused-ring (bicyclic) bond motifs is 1. The van der Waals surface area contributed by atoms with E-state index in [2.05, 4.69) is 11.1 Å². The van der Waals surface area contributed by atoms with Crippen LogP contribution in [-0.4, -0.2) is 10.1 Å². The molecule has 0 saturated heterocycles. The SMILES string of the molecule is N#Cc1cccc(C(O)c2ccc3[nH]ccc3c2)c1. The van der Waals surface area contributed by atoms with Gasteiger partial charge in [0.15, 0.2) is 0 Å². The Kier molecular flexibility index (Phi) is 2.79. The van der Waals surface area contributed by atoms with Crippen molar-refractivity contribution in [3.05, 3.63) is 71.4 Å². The molecule has 2 aromatic carbocycles. The van der Waals surface area contributed by atoms with E-state index in [1.165, 1.54) is 0 Å². The molecular weight excluding hydrogens is 236 g/mol. The zero-order valence-corrected chi connectivity index (χ0v) is 10.2. The number of rotatable bonds is 2. The lowest BCUT2D eigenvalue weighted by Crippen LogP contribution is -1.99. The first-order valence-electron chi connectivity index (χ1n) is 6.03. The number of H-pyrrole nitrogens is 1. The summed E-state index contributed by atoms with van der Waals surface area (Å²) in [6.45, 7) is 0. The highest BCUT2D eigenvalue weighted by atomic mass is 16.3. The highest BCUT2D eigenvalue weighted by molar-refractivity contribution is 5.80. The Morgan fingerprint density at radius 3 is 2.74 bits per heavy atom. The second kappa shape index (κ2) is 4.60. The van der Waals surface area contributed by atoms with Crippen molar-refractivity contribution in [3.63, 3.8) is 0 Å². The second-order valence-corrected chi connectivity index (χ2v) is 4.46. The molecule has 3 aromatic rings. The number of aromatic nitrogens is 1. The van der Waals surface area contributed by atoms with Gasteiger partial charge in [-0.3, -0.25) is 0 Å². The van der Waals surface area contributed by atoms with Crippen LogP contribution in [0.2, 0.25) is 0 Å². The molecule has 0 aliphatic carbocycles. The summed E-state index contributed by atoms with van der Waals surface area (Å²) in [7, 11) is 0. The minimum atomic E-state index is -0.715. The molecular formula is C16H12N2O. The number of nitriles is 1. The number of hydrogen-bond acceptors (Lipinski definition) is 2. The molecule has 1 unspecified atom stereocenters. The Balaban J connectivity index is 2.02. The lowest BCUT2D eigenvalue weighted by Gasteiger charge is -2.11. The van der Waals surface area contributed by atoms with Gasteiger partial charge in [-0.15, -0.1) is 0 Å². The van der Waals surface area contributed by atoms with Gasteiger partial charge in [0.2, 0.25) is 0 Å². The van der Waals surface area contributed by atoms with Crippen molar-refractivity contribution in [2.75, 3.05) is 0 Å². The topological polar surface area (TPSA) is 59.8 Å². The summed E-state index contributed by atoms with van der Waals surface area (Å²) >= 11 is 0. The van der Waals surface area contributed by atoms with E-state index in [1.807, 2.05) is 36.5 Å². The van der Waals surface area contributed by atoms with E-state index in [4.69, 9.17) is 5.26 Å². The molecule has 92 valence electrons. The number of nitrogens with zero attached hydrogens (tertiary/aromatic N) is 1. The first kappa shape index (κ1) is 11.5. The van der Waals surface area contributed by atoms with Crippen LogP contribution in [0.1, 0.15) is 22.8 Å². The molecule has 3 heteroatoms. The minimum Gasteiger partial charge on any atom is -0.384 e.